The minimum atomic E-state index is 0.402. The van der Waals surface area contributed by atoms with E-state index < -0.39 is 0 Å². The molecule has 0 aromatic heterocycles. The van der Waals surface area contributed by atoms with Crippen LogP contribution in [0.4, 0.5) is 0 Å². The summed E-state index contributed by atoms with van der Waals surface area (Å²) in [5.74, 6) is 0.981. The van der Waals surface area contributed by atoms with Crippen molar-refractivity contribution in [2.24, 2.45) is 11.3 Å². The van der Waals surface area contributed by atoms with Crippen molar-refractivity contribution in [2.75, 3.05) is 0 Å². The highest BCUT2D eigenvalue weighted by atomic mass is 15.0. The maximum absolute atomic E-state index is 3.73. The minimum Gasteiger partial charge on any atom is -0.311 e. The minimum absolute atomic E-state index is 0.402. The van der Waals surface area contributed by atoms with Gasteiger partial charge >= 0.3 is 0 Å². The Bertz CT molecular complexity index is 157. The average Bonchev–Trinajstić information content (AvgIpc) is 2.66. The van der Waals surface area contributed by atoms with E-state index in [0.717, 1.165) is 12.0 Å². The van der Waals surface area contributed by atoms with Gasteiger partial charge in [-0.3, -0.25) is 0 Å². The summed E-state index contributed by atoms with van der Waals surface area (Å²) in [5, 5.41) is 3.73. The lowest BCUT2D eigenvalue weighted by Gasteiger charge is -2.28. The van der Waals surface area contributed by atoms with E-state index in [0.29, 0.717) is 11.5 Å². The largest absolute Gasteiger partial charge is 0.311 e. The summed E-state index contributed by atoms with van der Waals surface area (Å²) in [6.45, 7) is 11.5. The van der Waals surface area contributed by atoms with Crippen LogP contribution in [0.25, 0.3) is 0 Å². The molecule has 3 atom stereocenters. The summed E-state index contributed by atoms with van der Waals surface area (Å²) in [6, 6.07) is 1.47. The Morgan fingerprint density at radius 2 is 2.00 bits per heavy atom. The van der Waals surface area contributed by atoms with Crippen molar-refractivity contribution in [3.05, 3.63) is 0 Å². The van der Waals surface area contributed by atoms with E-state index in [2.05, 4.69) is 39.9 Å². The highest BCUT2D eigenvalue weighted by Gasteiger charge is 2.38. The Balaban J connectivity index is 2.20. The normalized spacial score (nSPS) is 30.2. The van der Waals surface area contributed by atoms with Gasteiger partial charge in [0.1, 0.15) is 0 Å². The van der Waals surface area contributed by atoms with E-state index in [1.54, 1.807) is 0 Å². The van der Waals surface area contributed by atoms with Crippen molar-refractivity contribution in [3.8, 4) is 0 Å². The molecular weight excluding hydrogens is 158 g/mol. The van der Waals surface area contributed by atoms with Crippen LogP contribution in [0.5, 0.6) is 0 Å². The van der Waals surface area contributed by atoms with Gasteiger partial charge in [-0.15, -0.1) is 0 Å². The van der Waals surface area contributed by atoms with Crippen molar-refractivity contribution in [3.63, 3.8) is 0 Å². The summed E-state index contributed by atoms with van der Waals surface area (Å²) < 4.78 is 0. The molecule has 13 heavy (non-hydrogen) atoms. The quantitative estimate of drug-likeness (QED) is 0.706. The first-order valence-corrected chi connectivity index (χ1v) is 5.71. The lowest BCUT2D eigenvalue weighted by Crippen LogP contribution is -2.39. The van der Waals surface area contributed by atoms with Gasteiger partial charge in [0.25, 0.3) is 0 Å². The van der Waals surface area contributed by atoms with Gasteiger partial charge in [-0.2, -0.15) is 0 Å². The zero-order valence-corrected chi connectivity index (χ0v) is 9.85. The summed E-state index contributed by atoms with van der Waals surface area (Å²) in [4.78, 5) is 0. The summed E-state index contributed by atoms with van der Waals surface area (Å²) >= 11 is 0. The SMILES string of the molecule is CCCC1CC1NC(C)C(C)(C)C. The van der Waals surface area contributed by atoms with Gasteiger partial charge in [-0.1, -0.05) is 34.1 Å². The van der Waals surface area contributed by atoms with Gasteiger partial charge in [0.2, 0.25) is 0 Å². The fourth-order valence-corrected chi connectivity index (χ4v) is 1.71. The molecule has 0 saturated heterocycles. The van der Waals surface area contributed by atoms with Crippen molar-refractivity contribution >= 4 is 0 Å². The lowest BCUT2D eigenvalue weighted by atomic mass is 9.88. The van der Waals surface area contributed by atoms with Crippen LogP contribution in [0.1, 0.15) is 53.9 Å². The number of nitrogens with one attached hydrogen (secondary N) is 1. The molecule has 1 aliphatic rings. The van der Waals surface area contributed by atoms with Crippen LogP contribution in [0.2, 0.25) is 0 Å². The first-order valence-electron chi connectivity index (χ1n) is 5.71. The van der Waals surface area contributed by atoms with E-state index in [-0.39, 0.29) is 0 Å². The molecule has 1 saturated carbocycles. The number of hydrogen-bond acceptors (Lipinski definition) is 1. The van der Waals surface area contributed by atoms with Gasteiger partial charge in [-0.25, -0.2) is 0 Å². The molecule has 1 nitrogen and oxygen atoms in total. The Hall–Kier alpha value is -0.0400. The zero-order chi connectivity index (χ0) is 10.1. The van der Waals surface area contributed by atoms with Crippen LogP contribution in [0.15, 0.2) is 0 Å². The molecule has 0 aromatic rings. The fraction of sp³-hybridized carbons (Fsp3) is 1.00. The molecular formula is C12H25N. The number of hydrogen-bond donors (Lipinski definition) is 1. The van der Waals surface area contributed by atoms with Crippen LogP contribution in [-0.4, -0.2) is 12.1 Å². The molecule has 1 aliphatic carbocycles. The summed E-state index contributed by atoms with van der Waals surface area (Å²) in [5.41, 5.74) is 0.402. The monoisotopic (exact) mass is 183 g/mol. The smallest absolute Gasteiger partial charge is 0.0102 e. The molecule has 3 unspecified atom stereocenters. The highest BCUT2D eigenvalue weighted by molar-refractivity contribution is 4.95. The Labute approximate surface area is 83.3 Å². The summed E-state index contributed by atoms with van der Waals surface area (Å²) in [6.07, 6.45) is 4.16. The zero-order valence-electron chi connectivity index (χ0n) is 9.85. The lowest BCUT2D eigenvalue weighted by molar-refractivity contribution is 0.280. The predicted molar refractivity (Wildman–Crippen MR) is 58.9 cm³/mol. The van der Waals surface area contributed by atoms with Crippen molar-refractivity contribution in [1.29, 1.82) is 0 Å². The standard InChI is InChI=1S/C12H25N/c1-6-7-10-8-11(10)13-9(2)12(3,4)5/h9-11,13H,6-8H2,1-5H3. The maximum atomic E-state index is 3.73. The molecule has 0 bridgehead atoms. The van der Waals surface area contributed by atoms with Crippen molar-refractivity contribution in [2.45, 2.75) is 66.0 Å². The molecule has 0 aromatic carbocycles. The second-order valence-electron chi connectivity index (χ2n) is 5.65. The van der Waals surface area contributed by atoms with Gasteiger partial charge in [0.05, 0.1) is 0 Å². The van der Waals surface area contributed by atoms with E-state index in [4.69, 9.17) is 0 Å². The Morgan fingerprint density at radius 1 is 1.38 bits per heavy atom. The molecule has 1 rings (SSSR count). The molecule has 1 heteroatoms. The van der Waals surface area contributed by atoms with E-state index >= 15 is 0 Å². The molecule has 0 aliphatic heterocycles. The molecule has 1 fully saturated rings. The molecule has 0 spiro atoms. The molecule has 78 valence electrons. The van der Waals surface area contributed by atoms with Gasteiger partial charge in [0.15, 0.2) is 0 Å². The molecule has 0 heterocycles. The van der Waals surface area contributed by atoms with Crippen molar-refractivity contribution in [1.82, 2.24) is 5.32 Å². The molecule has 0 radical (unpaired) electrons. The third-order valence-corrected chi connectivity index (χ3v) is 3.35. The van der Waals surface area contributed by atoms with E-state index in [9.17, 15) is 0 Å². The number of rotatable bonds is 4. The average molecular weight is 183 g/mol. The van der Waals surface area contributed by atoms with Gasteiger partial charge in [0, 0.05) is 12.1 Å². The third kappa shape index (κ3) is 3.30. The van der Waals surface area contributed by atoms with Crippen LogP contribution >= 0.6 is 0 Å². The highest BCUT2D eigenvalue weighted by Crippen LogP contribution is 2.36. The molecule has 0 amide bonds. The predicted octanol–water partition coefficient (Wildman–Crippen LogP) is 3.20. The van der Waals surface area contributed by atoms with E-state index in [1.807, 2.05) is 0 Å². The second kappa shape index (κ2) is 4.00. The van der Waals surface area contributed by atoms with Crippen molar-refractivity contribution < 1.29 is 0 Å². The fourth-order valence-electron chi connectivity index (χ4n) is 1.71. The van der Waals surface area contributed by atoms with Crippen LogP contribution in [0.3, 0.4) is 0 Å². The first kappa shape index (κ1) is 11.0. The Kier molecular flexibility index (Phi) is 3.39. The molecule has 1 N–H and O–H groups in total. The first-order chi connectivity index (χ1) is 5.95. The van der Waals surface area contributed by atoms with Crippen LogP contribution in [-0.2, 0) is 0 Å². The van der Waals surface area contributed by atoms with Gasteiger partial charge < -0.3 is 5.32 Å². The third-order valence-electron chi connectivity index (χ3n) is 3.35. The van der Waals surface area contributed by atoms with Crippen LogP contribution in [0, 0.1) is 11.3 Å². The topological polar surface area (TPSA) is 12.0 Å². The van der Waals surface area contributed by atoms with E-state index in [1.165, 1.54) is 19.3 Å². The summed E-state index contributed by atoms with van der Waals surface area (Å²) in [7, 11) is 0. The van der Waals surface area contributed by atoms with Crippen LogP contribution < -0.4 is 5.32 Å². The Morgan fingerprint density at radius 3 is 2.46 bits per heavy atom. The van der Waals surface area contributed by atoms with Gasteiger partial charge in [-0.05, 0) is 31.1 Å². The second-order valence-corrected chi connectivity index (χ2v) is 5.65. The maximum Gasteiger partial charge on any atom is 0.0102 e.